The van der Waals surface area contributed by atoms with E-state index in [9.17, 15) is 9.59 Å². The zero-order valence-corrected chi connectivity index (χ0v) is 18.6. The van der Waals surface area contributed by atoms with Gasteiger partial charge in [-0.2, -0.15) is 0 Å². The molecule has 3 N–H and O–H groups in total. The van der Waals surface area contributed by atoms with Crippen molar-refractivity contribution in [3.63, 3.8) is 0 Å². The molecule has 6 nitrogen and oxygen atoms in total. The van der Waals surface area contributed by atoms with Gasteiger partial charge in [-0.25, -0.2) is 0 Å². The van der Waals surface area contributed by atoms with Gasteiger partial charge in [0.1, 0.15) is 0 Å². The molecule has 2 aliphatic rings. The summed E-state index contributed by atoms with van der Waals surface area (Å²) in [6.45, 7) is 6.00. The third-order valence-electron chi connectivity index (χ3n) is 5.58. The molecule has 0 saturated carbocycles. The van der Waals surface area contributed by atoms with E-state index in [4.69, 9.17) is 0 Å². The normalized spacial score (nSPS) is 17.1. The second kappa shape index (κ2) is 13.8. The fourth-order valence-electron chi connectivity index (χ4n) is 3.87. The van der Waals surface area contributed by atoms with E-state index in [1.807, 2.05) is 0 Å². The fraction of sp³-hybridized carbons (Fsp3) is 0.619. The minimum Gasteiger partial charge on any atom is -0.351 e. The van der Waals surface area contributed by atoms with Gasteiger partial charge in [0.05, 0.1) is 0 Å². The van der Waals surface area contributed by atoms with Crippen molar-refractivity contribution in [2.24, 2.45) is 5.92 Å². The monoisotopic (exact) mass is 444 g/mol. The van der Waals surface area contributed by atoms with Crippen molar-refractivity contribution < 1.29 is 9.59 Å². The molecule has 0 bridgehead atoms. The Morgan fingerprint density at radius 3 is 2.34 bits per heavy atom. The number of rotatable bonds is 8. The van der Waals surface area contributed by atoms with E-state index in [2.05, 4.69) is 20.9 Å². The van der Waals surface area contributed by atoms with Gasteiger partial charge in [-0.15, -0.1) is 24.8 Å². The summed E-state index contributed by atoms with van der Waals surface area (Å²) >= 11 is 0. The Bertz CT molecular complexity index is 616. The maximum absolute atomic E-state index is 12.2. The van der Waals surface area contributed by atoms with E-state index in [1.165, 1.54) is 12.8 Å². The van der Waals surface area contributed by atoms with Gasteiger partial charge in [0, 0.05) is 30.8 Å². The number of carbonyl (C=O) groups excluding carboxylic acids is 2. The smallest absolute Gasteiger partial charge is 0.251 e. The zero-order chi connectivity index (χ0) is 18.9. The van der Waals surface area contributed by atoms with Gasteiger partial charge in [0.25, 0.3) is 5.91 Å². The van der Waals surface area contributed by atoms with E-state index in [1.54, 1.807) is 24.3 Å². The number of amides is 2. The predicted octanol–water partition coefficient (Wildman–Crippen LogP) is 3.07. The average Bonchev–Trinajstić information content (AvgIpc) is 3.21. The van der Waals surface area contributed by atoms with E-state index in [0.717, 1.165) is 57.7 Å². The molecule has 0 aliphatic carbocycles. The first-order valence-corrected chi connectivity index (χ1v) is 10.3. The number of carbonyl (C=O) groups is 2. The highest BCUT2D eigenvalue weighted by Gasteiger charge is 2.15. The number of nitrogens with zero attached hydrogens (tertiary/aromatic N) is 1. The van der Waals surface area contributed by atoms with Crippen LogP contribution in [-0.4, -0.2) is 56.0 Å². The molecule has 2 saturated heterocycles. The topological polar surface area (TPSA) is 73.5 Å². The first-order valence-electron chi connectivity index (χ1n) is 10.3. The number of halogens is 2. The first-order chi connectivity index (χ1) is 13.2. The second-order valence-corrected chi connectivity index (χ2v) is 7.66. The molecule has 0 aromatic heterocycles. The lowest BCUT2D eigenvalue weighted by molar-refractivity contribution is -0.116. The summed E-state index contributed by atoms with van der Waals surface area (Å²) in [6.07, 6.45) is 6.36. The fourth-order valence-corrected chi connectivity index (χ4v) is 3.87. The molecule has 2 amide bonds. The van der Waals surface area contributed by atoms with E-state index < -0.39 is 0 Å². The van der Waals surface area contributed by atoms with E-state index in [0.29, 0.717) is 24.4 Å². The quantitative estimate of drug-likeness (QED) is 0.575. The summed E-state index contributed by atoms with van der Waals surface area (Å²) in [6, 6.07) is 7.15. The summed E-state index contributed by atoms with van der Waals surface area (Å²) in [7, 11) is 0. The van der Waals surface area contributed by atoms with Crippen LogP contribution in [0.15, 0.2) is 24.3 Å². The summed E-state index contributed by atoms with van der Waals surface area (Å²) in [5.41, 5.74) is 1.38. The largest absolute Gasteiger partial charge is 0.351 e. The van der Waals surface area contributed by atoms with Crippen LogP contribution in [-0.2, 0) is 4.79 Å². The molecule has 8 heteroatoms. The number of piperidine rings is 1. The Hall–Kier alpha value is -1.34. The summed E-state index contributed by atoms with van der Waals surface area (Å²) in [5, 5.41) is 9.25. The third kappa shape index (κ3) is 8.91. The molecule has 1 aromatic carbocycles. The van der Waals surface area contributed by atoms with Gasteiger partial charge in [-0.3, -0.25) is 9.59 Å². The number of anilines is 1. The summed E-state index contributed by atoms with van der Waals surface area (Å²) in [5.74, 6) is 0.651. The van der Waals surface area contributed by atoms with E-state index in [-0.39, 0.29) is 36.6 Å². The third-order valence-corrected chi connectivity index (χ3v) is 5.58. The number of hydrogen-bond donors (Lipinski definition) is 3. The van der Waals surface area contributed by atoms with Gasteiger partial charge in [-0.05, 0) is 88.5 Å². The molecule has 0 radical (unpaired) electrons. The lowest BCUT2D eigenvalue weighted by atomic mass is 9.93. The molecule has 0 spiro atoms. The summed E-state index contributed by atoms with van der Waals surface area (Å²) in [4.78, 5) is 26.7. The highest BCUT2D eigenvalue weighted by Crippen LogP contribution is 2.18. The molecule has 3 rings (SSSR count). The van der Waals surface area contributed by atoms with Crippen molar-refractivity contribution >= 4 is 42.3 Å². The van der Waals surface area contributed by atoms with E-state index >= 15 is 0 Å². The van der Waals surface area contributed by atoms with Gasteiger partial charge in [-0.1, -0.05) is 0 Å². The highest BCUT2D eigenvalue weighted by atomic mass is 35.5. The Morgan fingerprint density at radius 2 is 1.69 bits per heavy atom. The van der Waals surface area contributed by atoms with Crippen LogP contribution in [0.3, 0.4) is 0 Å². The van der Waals surface area contributed by atoms with Gasteiger partial charge >= 0.3 is 0 Å². The lowest BCUT2D eigenvalue weighted by Crippen LogP contribution is -2.33. The maximum atomic E-state index is 12.2. The average molecular weight is 445 g/mol. The number of nitrogens with one attached hydrogen (secondary N) is 3. The van der Waals surface area contributed by atoms with Crippen LogP contribution in [0, 0.1) is 5.92 Å². The van der Waals surface area contributed by atoms with Crippen LogP contribution in [0.25, 0.3) is 0 Å². The minimum absolute atomic E-state index is 0. The summed E-state index contributed by atoms with van der Waals surface area (Å²) < 4.78 is 0. The first kappa shape index (κ1) is 25.7. The molecule has 0 atom stereocenters. The number of benzene rings is 1. The maximum Gasteiger partial charge on any atom is 0.251 e. The number of hydrogen-bond acceptors (Lipinski definition) is 4. The van der Waals surface area contributed by atoms with Gasteiger partial charge in [0.2, 0.25) is 5.91 Å². The Balaban J connectivity index is 0.00000210. The Kier molecular flexibility index (Phi) is 12.2. The molecule has 164 valence electrons. The minimum atomic E-state index is -0.0574. The van der Waals surface area contributed by atoms with Crippen molar-refractivity contribution in [1.29, 1.82) is 0 Å². The van der Waals surface area contributed by atoms with Crippen molar-refractivity contribution in [1.82, 2.24) is 15.5 Å². The lowest BCUT2D eigenvalue weighted by Gasteiger charge is -2.22. The number of likely N-dealkylation sites (tertiary alicyclic amines) is 1. The SMILES string of the molecule is Cl.Cl.O=C(CCC1CCNCC1)Nc1ccc(C(=O)NCCN2CCCC2)cc1. The van der Waals surface area contributed by atoms with Crippen LogP contribution < -0.4 is 16.0 Å². The highest BCUT2D eigenvalue weighted by molar-refractivity contribution is 5.95. The Morgan fingerprint density at radius 1 is 1.03 bits per heavy atom. The van der Waals surface area contributed by atoms with Crippen LogP contribution in [0.5, 0.6) is 0 Å². The van der Waals surface area contributed by atoms with Gasteiger partial charge in [0.15, 0.2) is 0 Å². The molecular formula is C21H34Cl2N4O2. The van der Waals surface area contributed by atoms with Gasteiger partial charge < -0.3 is 20.9 Å². The van der Waals surface area contributed by atoms with Crippen molar-refractivity contribution in [3.8, 4) is 0 Å². The van der Waals surface area contributed by atoms with Crippen molar-refractivity contribution in [2.45, 2.75) is 38.5 Å². The molecule has 2 heterocycles. The molecule has 1 aromatic rings. The molecule has 2 aliphatic heterocycles. The standard InChI is InChI=1S/C21H32N4O2.2ClH/c26-20(8-3-17-9-11-22-12-10-17)24-19-6-4-18(5-7-19)21(27)23-13-16-25-14-1-2-15-25;;/h4-7,17,22H,1-3,8-16H2,(H,23,27)(H,24,26);2*1H. The van der Waals surface area contributed by atoms with Crippen LogP contribution in [0.1, 0.15) is 48.9 Å². The van der Waals surface area contributed by atoms with Crippen LogP contribution in [0.2, 0.25) is 0 Å². The second-order valence-electron chi connectivity index (χ2n) is 7.66. The molecular weight excluding hydrogens is 411 g/mol. The Labute approximate surface area is 186 Å². The van der Waals surface area contributed by atoms with Crippen LogP contribution in [0.4, 0.5) is 5.69 Å². The molecule has 0 unspecified atom stereocenters. The molecule has 2 fully saturated rings. The zero-order valence-electron chi connectivity index (χ0n) is 17.0. The van der Waals surface area contributed by atoms with Crippen LogP contribution >= 0.6 is 24.8 Å². The van der Waals surface area contributed by atoms with Crippen molar-refractivity contribution in [3.05, 3.63) is 29.8 Å². The molecule has 29 heavy (non-hydrogen) atoms. The predicted molar refractivity (Wildman–Crippen MR) is 122 cm³/mol. The van der Waals surface area contributed by atoms with Crippen molar-refractivity contribution in [2.75, 3.05) is 44.6 Å².